The molecule has 0 aliphatic carbocycles. The summed E-state index contributed by atoms with van der Waals surface area (Å²) in [6.45, 7) is 2.02. The lowest BCUT2D eigenvalue weighted by molar-refractivity contribution is 0.0621. The number of nitrogens with zero attached hydrogens (tertiary/aromatic N) is 2. The number of pyridine rings is 1. The number of carbonyl (C=O) groups is 1. The van der Waals surface area contributed by atoms with Gasteiger partial charge in [0.25, 0.3) is 5.91 Å². The number of hydrogen-bond donors (Lipinski definition) is 0. The first-order chi connectivity index (χ1) is 8.69. The van der Waals surface area contributed by atoms with Gasteiger partial charge in [-0.25, -0.2) is 4.98 Å². The molecule has 1 heterocycles. The van der Waals surface area contributed by atoms with Crippen molar-refractivity contribution >= 4 is 21.8 Å². The zero-order valence-corrected chi connectivity index (χ0v) is 12.1. The third kappa shape index (κ3) is 4.72. The minimum Gasteiger partial charge on any atom is -0.383 e. The smallest absolute Gasteiger partial charge is 0.272 e. The summed E-state index contributed by atoms with van der Waals surface area (Å²) >= 11 is 3.25. The fourth-order valence-electron chi connectivity index (χ4n) is 1.41. The number of amides is 1. The highest BCUT2D eigenvalue weighted by molar-refractivity contribution is 9.10. The summed E-state index contributed by atoms with van der Waals surface area (Å²) in [5.74, 6) is -0.120. The molecule has 0 spiro atoms. The van der Waals surface area contributed by atoms with Gasteiger partial charge in [-0.15, -0.1) is 0 Å². The van der Waals surface area contributed by atoms with Crippen molar-refractivity contribution in [1.82, 2.24) is 9.88 Å². The molecule has 0 saturated heterocycles. The number of hydrogen-bond acceptors (Lipinski definition) is 4. The lowest BCUT2D eigenvalue weighted by Gasteiger charge is -2.21. The fraction of sp³-hybridized carbons (Fsp3) is 0.500. The van der Waals surface area contributed by atoms with Crippen LogP contribution < -0.4 is 0 Å². The van der Waals surface area contributed by atoms with Crippen LogP contribution in [0.15, 0.2) is 22.8 Å². The molecule has 6 heteroatoms. The lowest BCUT2D eigenvalue weighted by Crippen LogP contribution is -2.36. The van der Waals surface area contributed by atoms with E-state index in [0.717, 1.165) is 0 Å². The van der Waals surface area contributed by atoms with Crippen molar-refractivity contribution in [3.63, 3.8) is 0 Å². The molecule has 100 valence electrons. The largest absolute Gasteiger partial charge is 0.383 e. The van der Waals surface area contributed by atoms with Crippen LogP contribution in [0.3, 0.4) is 0 Å². The summed E-state index contributed by atoms with van der Waals surface area (Å²) in [5, 5.41) is 0. The van der Waals surface area contributed by atoms with Crippen LogP contribution in [0.2, 0.25) is 0 Å². The van der Waals surface area contributed by atoms with E-state index in [2.05, 4.69) is 20.9 Å². The van der Waals surface area contributed by atoms with Crippen LogP contribution in [0, 0.1) is 0 Å². The van der Waals surface area contributed by atoms with Crippen LogP contribution in [0.5, 0.6) is 0 Å². The Bertz CT molecular complexity index is 379. The minimum atomic E-state index is -0.120. The quantitative estimate of drug-likeness (QED) is 0.717. The Labute approximate surface area is 115 Å². The minimum absolute atomic E-state index is 0.120. The molecule has 0 saturated carbocycles. The van der Waals surface area contributed by atoms with Crippen LogP contribution in [0.1, 0.15) is 10.5 Å². The maximum atomic E-state index is 12.2. The van der Waals surface area contributed by atoms with Crippen LogP contribution in [-0.4, -0.2) is 56.3 Å². The van der Waals surface area contributed by atoms with Gasteiger partial charge in [0.05, 0.1) is 13.2 Å². The standard InChI is InChI=1S/C12H17BrN2O3/c1-17-8-6-15(7-9-18-2)12(16)10-4-3-5-11(13)14-10/h3-5H,6-9H2,1-2H3. The average Bonchev–Trinajstić information content (AvgIpc) is 2.38. The van der Waals surface area contributed by atoms with Gasteiger partial charge in [-0.1, -0.05) is 6.07 Å². The maximum Gasteiger partial charge on any atom is 0.272 e. The summed E-state index contributed by atoms with van der Waals surface area (Å²) in [6, 6.07) is 5.26. The molecule has 18 heavy (non-hydrogen) atoms. The molecule has 0 unspecified atom stereocenters. The molecular weight excluding hydrogens is 300 g/mol. The van der Waals surface area contributed by atoms with Crippen molar-refractivity contribution < 1.29 is 14.3 Å². The highest BCUT2D eigenvalue weighted by atomic mass is 79.9. The summed E-state index contributed by atoms with van der Waals surface area (Å²) in [7, 11) is 3.21. The number of methoxy groups -OCH3 is 2. The van der Waals surface area contributed by atoms with Crippen molar-refractivity contribution in [3.05, 3.63) is 28.5 Å². The van der Waals surface area contributed by atoms with E-state index in [9.17, 15) is 4.79 Å². The number of halogens is 1. The maximum absolute atomic E-state index is 12.2. The second-order valence-electron chi connectivity index (χ2n) is 3.62. The Morgan fingerprint density at radius 1 is 1.28 bits per heavy atom. The summed E-state index contributed by atoms with van der Waals surface area (Å²) in [6.07, 6.45) is 0. The summed E-state index contributed by atoms with van der Waals surface area (Å²) < 4.78 is 10.6. The number of aromatic nitrogens is 1. The first-order valence-electron chi connectivity index (χ1n) is 5.58. The van der Waals surface area contributed by atoms with Gasteiger partial charge in [-0.3, -0.25) is 4.79 Å². The molecule has 0 atom stereocenters. The van der Waals surface area contributed by atoms with E-state index in [1.54, 1.807) is 37.3 Å². The molecule has 0 aromatic carbocycles. The fourth-order valence-corrected chi connectivity index (χ4v) is 1.75. The van der Waals surface area contributed by atoms with Gasteiger partial charge in [0.1, 0.15) is 10.3 Å². The molecule has 5 nitrogen and oxygen atoms in total. The van der Waals surface area contributed by atoms with Crippen LogP contribution >= 0.6 is 15.9 Å². The Morgan fingerprint density at radius 3 is 2.39 bits per heavy atom. The second kappa shape index (κ2) is 8.18. The van der Waals surface area contributed by atoms with E-state index in [0.29, 0.717) is 36.6 Å². The van der Waals surface area contributed by atoms with E-state index in [-0.39, 0.29) is 5.91 Å². The molecule has 0 fully saturated rings. The molecule has 1 aromatic rings. The van der Waals surface area contributed by atoms with Gasteiger partial charge in [0.2, 0.25) is 0 Å². The molecule has 0 radical (unpaired) electrons. The second-order valence-corrected chi connectivity index (χ2v) is 4.44. The van der Waals surface area contributed by atoms with Crippen molar-refractivity contribution in [1.29, 1.82) is 0 Å². The molecular formula is C12H17BrN2O3. The lowest BCUT2D eigenvalue weighted by atomic mass is 10.3. The predicted molar refractivity (Wildman–Crippen MR) is 71.6 cm³/mol. The third-order valence-corrected chi connectivity index (χ3v) is 2.79. The number of rotatable bonds is 7. The molecule has 0 aliphatic rings. The molecule has 0 bridgehead atoms. The van der Waals surface area contributed by atoms with Crippen molar-refractivity contribution in [3.8, 4) is 0 Å². The predicted octanol–water partition coefficient (Wildman–Crippen LogP) is 1.58. The van der Waals surface area contributed by atoms with Gasteiger partial charge in [0, 0.05) is 27.3 Å². The average molecular weight is 317 g/mol. The molecule has 1 amide bonds. The van der Waals surface area contributed by atoms with Gasteiger partial charge >= 0.3 is 0 Å². The number of ether oxygens (including phenoxy) is 2. The Balaban J connectivity index is 2.73. The molecule has 0 N–H and O–H groups in total. The van der Waals surface area contributed by atoms with Crippen molar-refractivity contribution in [2.24, 2.45) is 0 Å². The Kier molecular flexibility index (Phi) is 6.85. The summed E-state index contributed by atoms with van der Waals surface area (Å²) in [4.78, 5) is 18.1. The van der Waals surface area contributed by atoms with Crippen molar-refractivity contribution in [2.75, 3.05) is 40.5 Å². The van der Waals surface area contributed by atoms with Crippen molar-refractivity contribution in [2.45, 2.75) is 0 Å². The van der Waals surface area contributed by atoms with Crippen LogP contribution in [0.4, 0.5) is 0 Å². The van der Waals surface area contributed by atoms with Gasteiger partial charge in [-0.2, -0.15) is 0 Å². The van der Waals surface area contributed by atoms with Gasteiger partial charge < -0.3 is 14.4 Å². The van der Waals surface area contributed by atoms with E-state index < -0.39 is 0 Å². The van der Waals surface area contributed by atoms with Gasteiger partial charge in [0.15, 0.2) is 0 Å². The Hall–Kier alpha value is -0.980. The topological polar surface area (TPSA) is 51.7 Å². The van der Waals surface area contributed by atoms with E-state index in [1.165, 1.54) is 0 Å². The highest BCUT2D eigenvalue weighted by Crippen LogP contribution is 2.08. The van der Waals surface area contributed by atoms with Crippen LogP contribution in [-0.2, 0) is 9.47 Å². The normalized spacial score (nSPS) is 10.4. The molecule has 1 rings (SSSR count). The first-order valence-corrected chi connectivity index (χ1v) is 6.38. The first kappa shape index (κ1) is 15.1. The monoisotopic (exact) mass is 316 g/mol. The zero-order chi connectivity index (χ0) is 13.4. The molecule has 0 aliphatic heterocycles. The van der Waals surface area contributed by atoms with E-state index in [4.69, 9.17) is 9.47 Å². The van der Waals surface area contributed by atoms with E-state index in [1.807, 2.05) is 0 Å². The number of carbonyl (C=O) groups excluding carboxylic acids is 1. The van der Waals surface area contributed by atoms with Crippen LogP contribution in [0.25, 0.3) is 0 Å². The highest BCUT2D eigenvalue weighted by Gasteiger charge is 2.16. The summed E-state index contributed by atoms with van der Waals surface area (Å²) in [5.41, 5.74) is 0.414. The molecule has 1 aromatic heterocycles. The Morgan fingerprint density at radius 2 is 1.89 bits per heavy atom. The third-order valence-electron chi connectivity index (χ3n) is 2.35. The zero-order valence-electron chi connectivity index (χ0n) is 10.6. The van der Waals surface area contributed by atoms with Gasteiger partial charge in [-0.05, 0) is 28.1 Å². The SMILES string of the molecule is COCCN(CCOC)C(=O)c1cccc(Br)n1. The van der Waals surface area contributed by atoms with E-state index >= 15 is 0 Å².